The minimum absolute atomic E-state index is 0.0361. The topological polar surface area (TPSA) is 131 Å². The Morgan fingerprint density at radius 1 is 1.19 bits per heavy atom. The van der Waals surface area contributed by atoms with E-state index >= 15 is 0 Å². The summed E-state index contributed by atoms with van der Waals surface area (Å²) < 4.78 is 36.7. The molecule has 0 unspecified atom stereocenters. The molecule has 0 saturated carbocycles. The maximum atomic E-state index is 13.2. The molecule has 0 spiro atoms. The number of nitrogens with one attached hydrogen (secondary N) is 1. The molecule has 0 bridgehead atoms. The van der Waals surface area contributed by atoms with E-state index in [4.69, 9.17) is 9.47 Å². The molecule has 0 aromatic heterocycles. The minimum Gasteiger partial charge on any atom is -0.495 e. The number of sulfonamides is 1. The van der Waals surface area contributed by atoms with E-state index in [2.05, 4.69) is 5.32 Å². The van der Waals surface area contributed by atoms with E-state index in [1.807, 2.05) is 4.90 Å². The summed E-state index contributed by atoms with van der Waals surface area (Å²) in [5.74, 6) is -0.387. The lowest BCUT2D eigenvalue weighted by Crippen LogP contribution is -2.37. The second-order valence-corrected chi connectivity index (χ2v) is 9.31. The molecule has 0 aliphatic carbocycles. The van der Waals surface area contributed by atoms with Crippen LogP contribution < -0.4 is 15.0 Å². The molecule has 1 aliphatic heterocycles. The zero-order valence-electron chi connectivity index (χ0n) is 17.9. The van der Waals surface area contributed by atoms with Gasteiger partial charge in [-0.15, -0.1) is 0 Å². The second-order valence-electron chi connectivity index (χ2n) is 7.16. The van der Waals surface area contributed by atoms with Gasteiger partial charge >= 0.3 is 0 Å². The molecule has 0 radical (unpaired) electrons. The molecule has 1 amide bonds. The summed E-state index contributed by atoms with van der Waals surface area (Å²) >= 11 is 0. The molecular weight excluding hydrogens is 440 g/mol. The number of hydrogen-bond donors (Lipinski definition) is 1. The molecule has 32 heavy (non-hydrogen) atoms. The Kier molecular flexibility index (Phi) is 6.96. The number of nitro benzene ring substituents is 1. The first-order valence-electron chi connectivity index (χ1n) is 9.68. The molecule has 12 heteroatoms. The van der Waals surface area contributed by atoms with Gasteiger partial charge in [0.15, 0.2) is 0 Å². The molecule has 3 rings (SSSR count). The number of benzene rings is 2. The van der Waals surface area contributed by atoms with Gasteiger partial charge < -0.3 is 19.7 Å². The molecule has 0 atom stereocenters. The third-order valence-corrected chi connectivity index (χ3v) is 6.80. The van der Waals surface area contributed by atoms with Gasteiger partial charge in [-0.3, -0.25) is 14.9 Å². The average molecular weight is 465 g/mol. The van der Waals surface area contributed by atoms with Crippen molar-refractivity contribution in [2.75, 3.05) is 57.7 Å². The van der Waals surface area contributed by atoms with Crippen LogP contribution in [0.4, 0.5) is 17.1 Å². The van der Waals surface area contributed by atoms with Gasteiger partial charge in [-0.1, -0.05) is 0 Å². The smallest absolute Gasteiger partial charge is 0.270 e. The Bertz CT molecular complexity index is 1130. The highest BCUT2D eigenvalue weighted by atomic mass is 32.2. The van der Waals surface area contributed by atoms with Crippen LogP contribution in [-0.4, -0.2) is 71.1 Å². The summed E-state index contributed by atoms with van der Waals surface area (Å²) in [7, 11) is 0.430. The van der Waals surface area contributed by atoms with Gasteiger partial charge in [0.05, 0.1) is 47.1 Å². The Balaban J connectivity index is 2.02. The summed E-state index contributed by atoms with van der Waals surface area (Å²) in [4.78, 5) is 25.8. The standard InChI is InChI=1S/C20H24N4O7S/c1-22(2)32(28,29)15-5-7-19(30-3)17(13-15)21-20(25)16-12-14(24(26)27)4-6-18(16)23-8-10-31-11-9-23/h4-7,12-13H,8-11H2,1-3H3,(H,21,25). The maximum Gasteiger partial charge on any atom is 0.270 e. The van der Waals surface area contributed by atoms with E-state index < -0.39 is 20.9 Å². The fourth-order valence-corrected chi connectivity index (χ4v) is 4.17. The van der Waals surface area contributed by atoms with Crippen molar-refractivity contribution in [3.8, 4) is 5.75 Å². The number of morpholine rings is 1. The molecule has 1 saturated heterocycles. The molecule has 11 nitrogen and oxygen atoms in total. The lowest BCUT2D eigenvalue weighted by atomic mass is 10.1. The van der Waals surface area contributed by atoms with E-state index in [-0.39, 0.29) is 27.6 Å². The molecular formula is C20H24N4O7S. The number of ether oxygens (including phenoxy) is 2. The number of methoxy groups -OCH3 is 1. The van der Waals surface area contributed by atoms with Crippen molar-refractivity contribution in [2.24, 2.45) is 0 Å². The van der Waals surface area contributed by atoms with Crippen LogP contribution in [0.1, 0.15) is 10.4 Å². The summed E-state index contributed by atoms with van der Waals surface area (Å²) in [5, 5.41) is 13.9. The Morgan fingerprint density at radius 3 is 2.47 bits per heavy atom. The molecule has 1 N–H and O–H groups in total. The van der Waals surface area contributed by atoms with Crippen LogP contribution in [0.25, 0.3) is 0 Å². The van der Waals surface area contributed by atoms with Crippen LogP contribution in [0.5, 0.6) is 5.75 Å². The zero-order valence-corrected chi connectivity index (χ0v) is 18.7. The number of rotatable bonds is 7. The van der Waals surface area contributed by atoms with Crippen LogP contribution in [0, 0.1) is 10.1 Å². The van der Waals surface area contributed by atoms with Gasteiger partial charge in [-0.25, -0.2) is 12.7 Å². The van der Waals surface area contributed by atoms with Crippen LogP contribution in [0.3, 0.4) is 0 Å². The van der Waals surface area contributed by atoms with Gasteiger partial charge in [0.1, 0.15) is 5.75 Å². The van der Waals surface area contributed by atoms with Crippen LogP contribution >= 0.6 is 0 Å². The fraction of sp³-hybridized carbons (Fsp3) is 0.350. The van der Waals surface area contributed by atoms with Gasteiger partial charge in [-0.2, -0.15) is 0 Å². The fourth-order valence-electron chi connectivity index (χ4n) is 3.25. The van der Waals surface area contributed by atoms with Crippen LogP contribution in [0.15, 0.2) is 41.3 Å². The van der Waals surface area contributed by atoms with E-state index in [0.29, 0.717) is 32.0 Å². The minimum atomic E-state index is -3.75. The van der Waals surface area contributed by atoms with Gasteiger partial charge in [0.2, 0.25) is 10.0 Å². The van der Waals surface area contributed by atoms with Crippen molar-refractivity contribution in [2.45, 2.75) is 4.90 Å². The molecule has 1 aliphatic rings. The number of non-ortho nitro benzene ring substituents is 1. The average Bonchev–Trinajstić information content (AvgIpc) is 2.79. The van der Waals surface area contributed by atoms with Crippen molar-refractivity contribution < 1.29 is 27.6 Å². The number of carbonyl (C=O) groups excluding carboxylic acids is 1. The van der Waals surface area contributed by atoms with Crippen molar-refractivity contribution in [3.05, 3.63) is 52.1 Å². The predicted octanol–water partition coefficient (Wildman–Crippen LogP) is 1.94. The van der Waals surface area contributed by atoms with Crippen molar-refractivity contribution >= 4 is 33.0 Å². The number of hydrogen-bond acceptors (Lipinski definition) is 8. The van der Waals surface area contributed by atoms with Gasteiger partial charge in [0.25, 0.3) is 11.6 Å². The first-order valence-corrected chi connectivity index (χ1v) is 11.1. The monoisotopic (exact) mass is 464 g/mol. The van der Waals surface area contributed by atoms with Crippen LogP contribution in [0.2, 0.25) is 0 Å². The molecule has 2 aromatic rings. The number of nitro groups is 1. The molecule has 172 valence electrons. The summed E-state index contributed by atoms with van der Waals surface area (Å²) in [6.07, 6.45) is 0. The van der Waals surface area contributed by atoms with Gasteiger partial charge in [0, 0.05) is 39.3 Å². The highest BCUT2D eigenvalue weighted by Gasteiger charge is 2.24. The molecule has 1 fully saturated rings. The molecule has 1 heterocycles. The largest absolute Gasteiger partial charge is 0.495 e. The van der Waals surface area contributed by atoms with E-state index in [1.54, 1.807) is 0 Å². The lowest BCUT2D eigenvalue weighted by Gasteiger charge is -2.30. The van der Waals surface area contributed by atoms with Gasteiger partial charge in [-0.05, 0) is 24.3 Å². The van der Waals surface area contributed by atoms with E-state index in [9.17, 15) is 23.3 Å². The van der Waals surface area contributed by atoms with E-state index in [0.717, 1.165) is 4.31 Å². The first kappa shape index (κ1) is 23.4. The summed E-state index contributed by atoms with van der Waals surface area (Å²) in [6.45, 7) is 1.99. The Hall–Kier alpha value is -3.22. The van der Waals surface area contributed by atoms with Crippen molar-refractivity contribution in [1.29, 1.82) is 0 Å². The number of nitrogens with zero attached hydrogens (tertiary/aromatic N) is 3. The first-order chi connectivity index (χ1) is 15.1. The number of anilines is 2. The predicted molar refractivity (Wildman–Crippen MR) is 118 cm³/mol. The molecule has 2 aromatic carbocycles. The number of carbonyl (C=O) groups is 1. The Labute approximate surface area is 185 Å². The zero-order chi connectivity index (χ0) is 23.5. The maximum absolute atomic E-state index is 13.2. The second kappa shape index (κ2) is 9.51. The third kappa shape index (κ3) is 4.82. The third-order valence-electron chi connectivity index (χ3n) is 4.99. The van der Waals surface area contributed by atoms with Crippen molar-refractivity contribution in [3.63, 3.8) is 0 Å². The van der Waals surface area contributed by atoms with E-state index in [1.165, 1.54) is 57.6 Å². The summed E-state index contributed by atoms with van der Waals surface area (Å²) in [6, 6.07) is 8.17. The van der Waals surface area contributed by atoms with Crippen LogP contribution in [-0.2, 0) is 14.8 Å². The SMILES string of the molecule is COc1ccc(S(=O)(=O)N(C)C)cc1NC(=O)c1cc([N+](=O)[O-])ccc1N1CCOCC1. The van der Waals surface area contributed by atoms with Crippen molar-refractivity contribution in [1.82, 2.24) is 4.31 Å². The highest BCUT2D eigenvalue weighted by Crippen LogP contribution is 2.31. The quantitative estimate of drug-likeness (QED) is 0.486. The highest BCUT2D eigenvalue weighted by molar-refractivity contribution is 7.89. The number of amides is 1. The lowest BCUT2D eigenvalue weighted by molar-refractivity contribution is -0.384. The summed E-state index contributed by atoms with van der Waals surface area (Å²) in [5.41, 5.74) is 0.499. The Morgan fingerprint density at radius 2 is 1.88 bits per heavy atom. The normalized spacial score (nSPS) is 14.3.